The largest absolute Gasteiger partial charge is 0.349 e. The van der Waals surface area contributed by atoms with E-state index >= 15 is 0 Å². The third-order valence-electron chi connectivity index (χ3n) is 2.42. The van der Waals surface area contributed by atoms with Gasteiger partial charge in [-0.3, -0.25) is 4.79 Å². The van der Waals surface area contributed by atoms with Crippen LogP contribution in [0.2, 0.25) is 0 Å². The fourth-order valence-electron chi connectivity index (χ4n) is 1.46. The van der Waals surface area contributed by atoms with Crippen LogP contribution in [-0.4, -0.2) is 21.6 Å². The van der Waals surface area contributed by atoms with Gasteiger partial charge in [0.15, 0.2) is 0 Å². The van der Waals surface area contributed by atoms with Gasteiger partial charge in [0, 0.05) is 29.5 Å². The Hall–Kier alpha value is -1.82. The number of aromatic nitrogens is 2. The molecule has 0 spiro atoms. The lowest BCUT2D eigenvalue weighted by atomic mass is 10.4. The molecular weight excluding hydrogens is 265 g/mol. The van der Waals surface area contributed by atoms with Crippen LogP contribution in [0.4, 0.5) is 4.39 Å². The number of carbonyl (C=O) groups is 1. The third-order valence-corrected chi connectivity index (χ3v) is 3.43. The minimum atomic E-state index is -0.249. The summed E-state index contributed by atoms with van der Waals surface area (Å²) in [5.74, 6) is 1.13. The second-order valence-electron chi connectivity index (χ2n) is 3.86. The SMILES string of the molecule is O=C(CCSc1ccc(F)cc1)NCc1ncc[nH]1. The maximum absolute atomic E-state index is 12.7. The van der Waals surface area contributed by atoms with Gasteiger partial charge in [-0.2, -0.15) is 0 Å². The van der Waals surface area contributed by atoms with Crippen LogP contribution in [0.5, 0.6) is 0 Å². The number of hydrogen-bond acceptors (Lipinski definition) is 3. The van der Waals surface area contributed by atoms with Crippen LogP contribution >= 0.6 is 11.8 Å². The van der Waals surface area contributed by atoms with E-state index in [-0.39, 0.29) is 11.7 Å². The molecule has 4 nitrogen and oxygen atoms in total. The van der Waals surface area contributed by atoms with Crippen molar-refractivity contribution in [3.8, 4) is 0 Å². The summed E-state index contributed by atoms with van der Waals surface area (Å²) < 4.78 is 12.7. The molecule has 1 amide bonds. The summed E-state index contributed by atoms with van der Waals surface area (Å²) in [5, 5.41) is 2.77. The van der Waals surface area contributed by atoms with Crippen LogP contribution in [0.3, 0.4) is 0 Å². The van der Waals surface area contributed by atoms with Crippen molar-refractivity contribution in [2.45, 2.75) is 17.9 Å². The number of H-pyrrole nitrogens is 1. The number of nitrogens with zero attached hydrogens (tertiary/aromatic N) is 1. The molecule has 2 N–H and O–H groups in total. The number of benzene rings is 1. The summed E-state index contributed by atoms with van der Waals surface area (Å²) >= 11 is 1.53. The molecule has 100 valence electrons. The predicted molar refractivity (Wildman–Crippen MR) is 72.2 cm³/mol. The van der Waals surface area contributed by atoms with E-state index in [2.05, 4.69) is 15.3 Å². The molecule has 0 bridgehead atoms. The van der Waals surface area contributed by atoms with E-state index in [0.717, 1.165) is 10.7 Å². The molecule has 0 aliphatic rings. The number of imidazole rings is 1. The molecule has 2 rings (SSSR count). The second-order valence-corrected chi connectivity index (χ2v) is 5.03. The Balaban J connectivity index is 1.65. The summed E-state index contributed by atoms with van der Waals surface area (Å²) in [4.78, 5) is 19.4. The highest BCUT2D eigenvalue weighted by molar-refractivity contribution is 7.99. The van der Waals surface area contributed by atoms with Gasteiger partial charge in [0.25, 0.3) is 0 Å². The van der Waals surface area contributed by atoms with Crippen LogP contribution in [0, 0.1) is 5.82 Å². The third kappa shape index (κ3) is 4.75. The Morgan fingerprint density at radius 2 is 2.16 bits per heavy atom. The predicted octanol–water partition coefficient (Wildman–Crippen LogP) is 2.35. The molecule has 1 heterocycles. The monoisotopic (exact) mass is 279 g/mol. The molecule has 19 heavy (non-hydrogen) atoms. The second kappa shape index (κ2) is 6.94. The normalized spacial score (nSPS) is 10.4. The molecule has 6 heteroatoms. The lowest BCUT2D eigenvalue weighted by molar-refractivity contribution is -0.120. The number of thioether (sulfide) groups is 1. The molecule has 0 saturated carbocycles. The molecule has 0 radical (unpaired) electrons. The summed E-state index contributed by atoms with van der Waals surface area (Å²) in [6.45, 7) is 0.410. The standard InChI is InChI=1S/C13H14FN3OS/c14-10-1-3-11(4-2-10)19-8-5-13(18)17-9-12-15-6-7-16-12/h1-4,6-7H,5,8-9H2,(H,15,16)(H,17,18). The smallest absolute Gasteiger partial charge is 0.221 e. The highest BCUT2D eigenvalue weighted by Gasteiger charge is 2.03. The lowest BCUT2D eigenvalue weighted by Crippen LogP contribution is -2.23. The minimum Gasteiger partial charge on any atom is -0.349 e. The van der Waals surface area contributed by atoms with Gasteiger partial charge in [0.2, 0.25) is 5.91 Å². The van der Waals surface area contributed by atoms with Crippen molar-refractivity contribution in [3.05, 3.63) is 48.3 Å². The highest BCUT2D eigenvalue weighted by atomic mass is 32.2. The quantitative estimate of drug-likeness (QED) is 0.798. The Morgan fingerprint density at radius 3 is 2.84 bits per heavy atom. The van der Waals surface area contributed by atoms with Crippen molar-refractivity contribution in [3.63, 3.8) is 0 Å². The number of carbonyl (C=O) groups excluding carboxylic acids is 1. The number of rotatable bonds is 6. The first-order chi connectivity index (χ1) is 9.24. The van der Waals surface area contributed by atoms with Crippen LogP contribution in [0.1, 0.15) is 12.2 Å². The van der Waals surface area contributed by atoms with Gasteiger partial charge < -0.3 is 10.3 Å². The van der Waals surface area contributed by atoms with Crippen molar-refractivity contribution in [1.82, 2.24) is 15.3 Å². The summed E-state index contributed by atoms with van der Waals surface area (Å²) in [6, 6.07) is 6.25. The van der Waals surface area contributed by atoms with Crippen LogP contribution < -0.4 is 5.32 Å². The number of hydrogen-bond donors (Lipinski definition) is 2. The van der Waals surface area contributed by atoms with Gasteiger partial charge in [-0.25, -0.2) is 9.37 Å². The minimum absolute atomic E-state index is 0.0222. The van der Waals surface area contributed by atoms with Crippen molar-refractivity contribution < 1.29 is 9.18 Å². The Kier molecular flexibility index (Phi) is 4.97. The van der Waals surface area contributed by atoms with Crippen molar-refractivity contribution in [2.75, 3.05) is 5.75 Å². The molecule has 0 saturated heterocycles. The van der Waals surface area contributed by atoms with Crippen LogP contribution in [0.25, 0.3) is 0 Å². The van der Waals surface area contributed by atoms with E-state index in [0.29, 0.717) is 18.7 Å². The Bertz CT molecular complexity index is 513. The first-order valence-corrected chi connectivity index (χ1v) is 6.86. The maximum Gasteiger partial charge on any atom is 0.221 e. The molecule has 0 aliphatic heterocycles. The zero-order chi connectivity index (χ0) is 13.5. The molecule has 2 aromatic rings. The van der Waals surface area contributed by atoms with Crippen LogP contribution in [-0.2, 0) is 11.3 Å². The summed E-state index contributed by atoms with van der Waals surface area (Å²) in [7, 11) is 0. The van der Waals surface area contributed by atoms with Gasteiger partial charge in [0.1, 0.15) is 11.6 Å². The molecule has 0 aliphatic carbocycles. The zero-order valence-corrected chi connectivity index (χ0v) is 11.0. The van der Waals surface area contributed by atoms with Gasteiger partial charge >= 0.3 is 0 Å². The van der Waals surface area contributed by atoms with Gasteiger partial charge in [-0.15, -0.1) is 11.8 Å². The summed E-state index contributed by atoms with van der Waals surface area (Å²) in [5.41, 5.74) is 0. The number of nitrogens with one attached hydrogen (secondary N) is 2. The first kappa shape index (κ1) is 13.6. The fourth-order valence-corrected chi connectivity index (χ4v) is 2.31. The lowest BCUT2D eigenvalue weighted by Gasteiger charge is -2.03. The van der Waals surface area contributed by atoms with E-state index < -0.39 is 0 Å². The molecule has 1 aromatic carbocycles. The van der Waals surface area contributed by atoms with Gasteiger partial charge in [0.05, 0.1) is 6.54 Å². The molecular formula is C13H14FN3OS. The highest BCUT2D eigenvalue weighted by Crippen LogP contribution is 2.18. The maximum atomic E-state index is 12.7. The van der Waals surface area contributed by atoms with Crippen molar-refractivity contribution >= 4 is 17.7 Å². The number of halogens is 1. The molecule has 0 fully saturated rings. The molecule has 0 unspecified atom stereocenters. The van der Waals surface area contributed by atoms with E-state index in [1.807, 2.05) is 0 Å². The number of aromatic amines is 1. The van der Waals surface area contributed by atoms with Gasteiger partial charge in [-0.05, 0) is 24.3 Å². The van der Waals surface area contributed by atoms with E-state index in [9.17, 15) is 9.18 Å². The van der Waals surface area contributed by atoms with E-state index in [1.54, 1.807) is 24.5 Å². The zero-order valence-electron chi connectivity index (χ0n) is 10.2. The summed E-state index contributed by atoms with van der Waals surface area (Å²) in [6.07, 6.45) is 3.78. The molecule has 1 aromatic heterocycles. The van der Waals surface area contributed by atoms with Crippen LogP contribution in [0.15, 0.2) is 41.6 Å². The fraction of sp³-hybridized carbons (Fsp3) is 0.231. The first-order valence-electron chi connectivity index (χ1n) is 5.87. The topological polar surface area (TPSA) is 57.8 Å². The van der Waals surface area contributed by atoms with E-state index in [4.69, 9.17) is 0 Å². The van der Waals surface area contributed by atoms with Crippen molar-refractivity contribution in [1.29, 1.82) is 0 Å². The van der Waals surface area contributed by atoms with E-state index in [1.165, 1.54) is 23.9 Å². The Morgan fingerprint density at radius 1 is 1.37 bits per heavy atom. The molecule has 0 atom stereocenters. The van der Waals surface area contributed by atoms with Crippen molar-refractivity contribution in [2.24, 2.45) is 0 Å². The van der Waals surface area contributed by atoms with Gasteiger partial charge in [-0.1, -0.05) is 0 Å². The Labute approximate surface area is 114 Å². The average molecular weight is 279 g/mol. The average Bonchev–Trinajstić information content (AvgIpc) is 2.92. The number of amides is 1.